The van der Waals surface area contributed by atoms with Crippen LogP contribution in [-0.2, 0) is 9.78 Å². The molecule has 0 radical (unpaired) electrons. The van der Waals surface area contributed by atoms with E-state index in [-0.39, 0.29) is 0 Å². The third kappa shape index (κ3) is 2.13. The van der Waals surface area contributed by atoms with Crippen molar-refractivity contribution in [2.75, 3.05) is 6.61 Å². The van der Waals surface area contributed by atoms with E-state index in [9.17, 15) is 0 Å². The lowest BCUT2D eigenvalue weighted by molar-refractivity contribution is -0.211. The molecule has 0 amide bonds. The third-order valence-electron chi connectivity index (χ3n) is 1.86. The van der Waals surface area contributed by atoms with Crippen LogP contribution in [0.15, 0.2) is 29.5 Å². The summed E-state index contributed by atoms with van der Waals surface area (Å²) in [6, 6.07) is 3.80. The van der Waals surface area contributed by atoms with E-state index in [1.165, 1.54) is 6.40 Å². The van der Waals surface area contributed by atoms with Gasteiger partial charge in [-0.3, -0.25) is 0 Å². The van der Waals surface area contributed by atoms with E-state index < -0.39 is 0 Å². The Bertz CT molecular complexity index is 464. The van der Waals surface area contributed by atoms with Crippen molar-refractivity contribution in [3.63, 3.8) is 0 Å². The van der Waals surface area contributed by atoms with E-state index in [0.29, 0.717) is 12.4 Å². The Morgan fingerprint density at radius 1 is 1.53 bits per heavy atom. The Hall–Kier alpha value is -1.88. The molecule has 0 aromatic carbocycles. The quantitative estimate of drug-likeness (QED) is 0.273. The molecular formula is C10H11N3O2. The zero-order valence-electron chi connectivity index (χ0n) is 8.30. The number of aliphatic imine (C=N–C) groups is 1. The van der Waals surface area contributed by atoms with Gasteiger partial charge in [0.1, 0.15) is 0 Å². The topological polar surface area (TPSA) is 59.5 Å². The average molecular weight is 205 g/mol. The van der Waals surface area contributed by atoms with Crippen molar-refractivity contribution in [1.82, 2.24) is 9.97 Å². The predicted molar refractivity (Wildman–Crippen MR) is 57.0 cm³/mol. The number of aromatic nitrogens is 2. The minimum Gasteiger partial charge on any atom is -0.361 e. The molecule has 0 spiro atoms. The van der Waals surface area contributed by atoms with Crippen molar-refractivity contribution in [1.29, 1.82) is 0 Å². The Balaban J connectivity index is 2.20. The highest BCUT2D eigenvalue weighted by atomic mass is 17.2. The maximum Gasteiger partial charge on any atom is 0.221 e. The largest absolute Gasteiger partial charge is 0.361 e. The van der Waals surface area contributed by atoms with Crippen molar-refractivity contribution in [3.05, 3.63) is 24.5 Å². The zero-order chi connectivity index (χ0) is 10.5. The molecular weight excluding hydrogens is 194 g/mol. The summed E-state index contributed by atoms with van der Waals surface area (Å²) in [5, 5.41) is 0.953. The van der Waals surface area contributed by atoms with Crippen LogP contribution in [0.25, 0.3) is 10.9 Å². The van der Waals surface area contributed by atoms with Gasteiger partial charge in [0.05, 0.1) is 12.1 Å². The van der Waals surface area contributed by atoms with Crippen molar-refractivity contribution in [3.8, 4) is 0 Å². The highest BCUT2D eigenvalue weighted by Gasteiger charge is 1.99. The van der Waals surface area contributed by atoms with Gasteiger partial charge in [0.25, 0.3) is 0 Å². The first-order chi connectivity index (χ1) is 7.42. The first-order valence-corrected chi connectivity index (χ1v) is 4.64. The number of H-pyrrole nitrogens is 1. The van der Waals surface area contributed by atoms with Crippen molar-refractivity contribution in [2.45, 2.75) is 6.92 Å². The molecule has 2 heterocycles. The summed E-state index contributed by atoms with van der Waals surface area (Å²) < 4.78 is 0. The fourth-order valence-electron chi connectivity index (χ4n) is 1.24. The summed E-state index contributed by atoms with van der Waals surface area (Å²) in [4.78, 5) is 20.6. The van der Waals surface area contributed by atoms with Crippen LogP contribution < -0.4 is 0 Å². The molecule has 78 valence electrons. The van der Waals surface area contributed by atoms with E-state index in [1.807, 2.05) is 25.3 Å². The summed E-state index contributed by atoms with van der Waals surface area (Å²) in [6.07, 6.45) is 4.76. The minimum atomic E-state index is 0.480. The van der Waals surface area contributed by atoms with Gasteiger partial charge in [-0.2, -0.15) is 9.88 Å². The predicted octanol–water partition coefficient (Wildman–Crippen LogP) is 2.19. The number of hydrogen-bond acceptors (Lipinski definition) is 4. The molecule has 5 nitrogen and oxygen atoms in total. The Kier molecular flexibility index (Phi) is 2.94. The maximum absolute atomic E-state index is 4.67. The lowest BCUT2D eigenvalue weighted by atomic mass is 10.3. The molecule has 0 aliphatic heterocycles. The van der Waals surface area contributed by atoms with Gasteiger partial charge in [-0.15, -0.1) is 0 Å². The van der Waals surface area contributed by atoms with Crippen LogP contribution in [0.2, 0.25) is 0 Å². The highest BCUT2D eigenvalue weighted by Crippen LogP contribution is 2.21. The molecule has 1 N–H and O–H groups in total. The van der Waals surface area contributed by atoms with Gasteiger partial charge in [-0.1, -0.05) is 0 Å². The van der Waals surface area contributed by atoms with E-state index in [1.54, 1.807) is 6.20 Å². The molecule has 0 aliphatic carbocycles. The Labute approximate surface area is 86.7 Å². The van der Waals surface area contributed by atoms with Crippen molar-refractivity contribution >= 4 is 23.1 Å². The Morgan fingerprint density at radius 2 is 2.47 bits per heavy atom. The zero-order valence-corrected chi connectivity index (χ0v) is 8.30. The third-order valence-corrected chi connectivity index (χ3v) is 1.86. The van der Waals surface area contributed by atoms with Gasteiger partial charge in [0.2, 0.25) is 6.40 Å². The van der Waals surface area contributed by atoms with Crippen LogP contribution in [0.5, 0.6) is 0 Å². The maximum atomic E-state index is 4.67. The summed E-state index contributed by atoms with van der Waals surface area (Å²) in [6.45, 7) is 2.31. The smallest absolute Gasteiger partial charge is 0.221 e. The number of nitrogens with zero attached hydrogens (tertiary/aromatic N) is 2. The standard InChI is InChI=1S/C10H11N3O2/c1-2-14-15-7-13-10-8-3-5-11-9(8)4-6-12-10/h3-7,11H,2H2,1H3/b13-7-. The van der Waals surface area contributed by atoms with Crippen LogP contribution in [0.1, 0.15) is 6.92 Å². The first-order valence-electron chi connectivity index (χ1n) is 4.64. The SMILES string of the molecule is CCOO/C=N\c1nccc2[nH]ccc12. The van der Waals surface area contributed by atoms with Gasteiger partial charge in [0, 0.05) is 17.8 Å². The van der Waals surface area contributed by atoms with E-state index in [0.717, 1.165) is 10.9 Å². The van der Waals surface area contributed by atoms with Gasteiger partial charge < -0.3 is 9.87 Å². The average Bonchev–Trinajstić information content (AvgIpc) is 2.73. The molecule has 15 heavy (non-hydrogen) atoms. The first kappa shape index (κ1) is 9.67. The second-order valence-corrected chi connectivity index (χ2v) is 2.81. The fourth-order valence-corrected chi connectivity index (χ4v) is 1.24. The lowest BCUT2D eigenvalue weighted by Gasteiger charge is -1.96. The monoisotopic (exact) mass is 205 g/mol. The van der Waals surface area contributed by atoms with Gasteiger partial charge in [-0.05, 0) is 19.1 Å². The molecule has 0 saturated heterocycles. The van der Waals surface area contributed by atoms with Crippen molar-refractivity contribution < 1.29 is 9.78 Å². The number of fused-ring (bicyclic) bond motifs is 1. The molecule has 0 aliphatic rings. The van der Waals surface area contributed by atoms with Crippen LogP contribution in [0.3, 0.4) is 0 Å². The molecule has 0 bridgehead atoms. The number of hydrogen-bond donors (Lipinski definition) is 1. The molecule has 0 atom stereocenters. The van der Waals surface area contributed by atoms with Crippen LogP contribution in [0.4, 0.5) is 5.82 Å². The highest BCUT2D eigenvalue weighted by molar-refractivity contribution is 5.89. The normalized spacial score (nSPS) is 11.3. The van der Waals surface area contributed by atoms with E-state index in [2.05, 4.69) is 24.7 Å². The van der Waals surface area contributed by atoms with Gasteiger partial charge in [0.15, 0.2) is 5.82 Å². The molecule has 2 rings (SSSR count). The van der Waals surface area contributed by atoms with Crippen LogP contribution >= 0.6 is 0 Å². The molecule has 0 fully saturated rings. The van der Waals surface area contributed by atoms with E-state index in [4.69, 9.17) is 0 Å². The molecule has 5 heteroatoms. The van der Waals surface area contributed by atoms with E-state index >= 15 is 0 Å². The van der Waals surface area contributed by atoms with Crippen molar-refractivity contribution in [2.24, 2.45) is 4.99 Å². The minimum absolute atomic E-state index is 0.480. The molecule has 0 saturated carbocycles. The van der Waals surface area contributed by atoms with Gasteiger partial charge >= 0.3 is 0 Å². The molecule has 0 unspecified atom stereocenters. The van der Waals surface area contributed by atoms with Crippen LogP contribution in [0, 0.1) is 0 Å². The number of nitrogens with one attached hydrogen (secondary N) is 1. The second kappa shape index (κ2) is 4.56. The van der Waals surface area contributed by atoms with Gasteiger partial charge in [-0.25, -0.2) is 4.98 Å². The fraction of sp³-hybridized carbons (Fsp3) is 0.200. The number of aromatic amines is 1. The van der Waals surface area contributed by atoms with Crippen LogP contribution in [-0.4, -0.2) is 23.0 Å². The summed E-state index contributed by atoms with van der Waals surface area (Å²) in [5.41, 5.74) is 0.994. The molecule has 2 aromatic rings. The second-order valence-electron chi connectivity index (χ2n) is 2.81. The Morgan fingerprint density at radius 3 is 3.33 bits per heavy atom. The number of pyridine rings is 1. The lowest BCUT2D eigenvalue weighted by Crippen LogP contribution is -1.89. The molecule has 2 aromatic heterocycles. The summed E-state index contributed by atoms with van der Waals surface area (Å²) >= 11 is 0. The summed E-state index contributed by atoms with van der Waals surface area (Å²) in [7, 11) is 0. The summed E-state index contributed by atoms with van der Waals surface area (Å²) in [5.74, 6) is 0.605. The number of rotatable bonds is 4.